The van der Waals surface area contributed by atoms with Crippen molar-refractivity contribution in [3.05, 3.63) is 48.0 Å². The van der Waals surface area contributed by atoms with Gasteiger partial charge in [0.05, 0.1) is 36.9 Å². The van der Waals surface area contributed by atoms with Crippen LogP contribution in [0.4, 0.5) is 5.69 Å². The molecule has 0 saturated heterocycles. The minimum absolute atomic E-state index is 0.191. The zero-order valence-electron chi connectivity index (χ0n) is 19.8. The van der Waals surface area contributed by atoms with E-state index in [1.54, 1.807) is 29.9 Å². The lowest BCUT2D eigenvalue weighted by molar-refractivity contribution is -0.764. The molecule has 0 fully saturated rings. The van der Waals surface area contributed by atoms with Crippen molar-refractivity contribution in [2.75, 3.05) is 24.9 Å². The molecule has 0 saturated carbocycles. The Balaban J connectivity index is 1.96. The Hall–Kier alpha value is -3.33. The summed E-state index contributed by atoms with van der Waals surface area (Å²) in [4.78, 5) is 18.9. The second-order valence-electron chi connectivity index (χ2n) is 7.91. The molecule has 0 bridgehead atoms. The van der Waals surface area contributed by atoms with Crippen LogP contribution in [0.1, 0.15) is 44.8 Å². The Morgan fingerprint density at radius 2 is 1.94 bits per heavy atom. The van der Waals surface area contributed by atoms with Crippen molar-refractivity contribution in [1.29, 1.82) is 0 Å². The third-order valence-electron chi connectivity index (χ3n) is 5.75. The van der Waals surface area contributed by atoms with Crippen molar-refractivity contribution >= 4 is 23.4 Å². The van der Waals surface area contributed by atoms with Gasteiger partial charge in [-0.15, -0.1) is 0 Å². The monoisotopic (exact) mass is 480 g/mol. The number of amides is 1. The predicted octanol–water partition coefficient (Wildman–Crippen LogP) is 3.72. The minimum Gasteiger partial charge on any atom is -0.854 e. The molecule has 1 aromatic heterocycles. The largest absolute Gasteiger partial charge is 0.854 e. The number of hydrogen-bond donors (Lipinski definition) is 0. The van der Waals surface area contributed by atoms with E-state index in [9.17, 15) is 9.90 Å². The molecule has 9 heteroatoms. The fraction of sp³-hybridized carbons (Fsp3) is 0.360. The summed E-state index contributed by atoms with van der Waals surface area (Å²) in [7, 11) is 3.11. The molecule has 2 heterocycles. The SMILES string of the molecule is CCCCCSc1nc([O-])c2[n+](n1)C(c1cccc(OC)c1OC)N(C(C)=O)c1ccccc1-2. The van der Waals surface area contributed by atoms with E-state index in [1.807, 2.05) is 36.4 Å². The van der Waals surface area contributed by atoms with Gasteiger partial charge in [-0.2, -0.15) is 0 Å². The summed E-state index contributed by atoms with van der Waals surface area (Å²) in [5, 5.41) is 18.5. The zero-order chi connectivity index (χ0) is 24.2. The predicted molar refractivity (Wildman–Crippen MR) is 128 cm³/mol. The number of aromatic nitrogens is 3. The summed E-state index contributed by atoms with van der Waals surface area (Å²) in [6.45, 7) is 3.65. The Labute approximate surface area is 203 Å². The number of ether oxygens (including phenoxy) is 2. The highest BCUT2D eigenvalue weighted by atomic mass is 32.2. The molecule has 178 valence electrons. The second kappa shape index (κ2) is 10.3. The molecule has 3 aromatic rings. The molecule has 34 heavy (non-hydrogen) atoms. The van der Waals surface area contributed by atoms with Gasteiger partial charge in [-0.3, -0.25) is 4.79 Å². The summed E-state index contributed by atoms with van der Waals surface area (Å²) in [6.07, 6.45) is 2.47. The molecule has 1 aliphatic rings. The lowest BCUT2D eigenvalue weighted by Crippen LogP contribution is -2.58. The van der Waals surface area contributed by atoms with Crippen molar-refractivity contribution in [3.8, 4) is 28.6 Å². The Kier molecular flexibility index (Phi) is 7.21. The van der Waals surface area contributed by atoms with E-state index in [-0.39, 0.29) is 11.8 Å². The molecule has 0 N–H and O–H groups in total. The van der Waals surface area contributed by atoms with Gasteiger partial charge in [0.1, 0.15) is 0 Å². The first-order valence-corrected chi connectivity index (χ1v) is 12.2. The molecule has 2 aromatic carbocycles. The van der Waals surface area contributed by atoms with Gasteiger partial charge < -0.3 is 14.6 Å². The number of fused-ring (bicyclic) bond motifs is 3. The van der Waals surface area contributed by atoms with E-state index in [1.165, 1.54) is 18.7 Å². The number of hydrogen-bond acceptors (Lipinski definition) is 7. The maximum atomic E-state index is 13.3. The standard InChI is InChI=1S/C25H28N4O4S/c1-5-6-9-15-34-25-26-23(31)21-17-11-7-8-13-19(17)28(16(2)30)24(29(21)27-25)18-12-10-14-20(32-3)22(18)33-4/h7-8,10-14,24H,5-6,9,15H2,1-4H3. The van der Waals surface area contributed by atoms with Crippen molar-refractivity contribution in [2.45, 2.75) is 44.4 Å². The van der Waals surface area contributed by atoms with Gasteiger partial charge in [0.25, 0.3) is 17.0 Å². The number of para-hydroxylation sites is 2. The van der Waals surface area contributed by atoms with E-state index in [2.05, 4.69) is 11.9 Å². The van der Waals surface area contributed by atoms with Crippen LogP contribution in [0.25, 0.3) is 11.3 Å². The number of nitrogens with zero attached hydrogens (tertiary/aromatic N) is 4. The highest BCUT2D eigenvalue weighted by Crippen LogP contribution is 2.44. The Bertz CT molecular complexity index is 1200. The van der Waals surface area contributed by atoms with Crippen LogP contribution in [0.3, 0.4) is 0 Å². The van der Waals surface area contributed by atoms with Gasteiger partial charge in [0.2, 0.25) is 5.91 Å². The minimum atomic E-state index is -0.752. The first kappa shape index (κ1) is 23.8. The van der Waals surface area contributed by atoms with Crippen molar-refractivity contribution in [1.82, 2.24) is 10.1 Å². The molecule has 8 nitrogen and oxygen atoms in total. The fourth-order valence-corrected chi connectivity index (χ4v) is 5.07. The second-order valence-corrected chi connectivity index (χ2v) is 8.97. The fourth-order valence-electron chi connectivity index (χ4n) is 4.25. The number of unbranched alkanes of at least 4 members (excludes halogenated alkanes) is 2. The average molecular weight is 481 g/mol. The molecule has 1 aliphatic heterocycles. The van der Waals surface area contributed by atoms with Crippen LogP contribution in [0.2, 0.25) is 0 Å². The molecule has 0 spiro atoms. The van der Waals surface area contributed by atoms with E-state index >= 15 is 0 Å². The lowest BCUT2D eigenvalue weighted by Gasteiger charge is -2.33. The highest BCUT2D eigenvalue weighted by Gasteiger charge is 2.45. The van der Waals surface area contributed by atoms with Crippen LogP contribution < -0.4 is 24.2 Å². The number of carbonyl (C=O) groups is 1. The van der Waals surface area contributed by atoms with Gasteiger partial charge in [-0.05, 0) is 30.7 Å². The quantitative estimate of drug-likeness (QED) is 0.276. The topological polar surface area (TPSA) is 91.5 Å². The van der Waals surface area contributed by atoms with Crippen LogP contribution >= 0.6 is 11.8 Å². The average Bonchev–Trinajstić information content (AvgIpc) is 2.84. The number of benzene rings is 2. The van der Waals surface area contributed by atoms with Crippen molar-refractivity contribution in [2.24, 2.45) is 0 Å². The zero-order valence-corrected chi connectivity index (χ0v) is 20.6. The number of thioether (sulfide) groups is 1. The highest BCUT2D eigenvalue weighted by molar-refractivity contribution is 7.99. The van der Waals surface area contributed by atoms with E-state index < -0.39 is 6.17 Å². The summed E-state index contributed by atoms with van der Waals surface area (Å²) in [5.41, 5.74) is 2.22. The van der Waals surface area contributed by atoms with E-state index in [0.29, 0.717) is 39.2 Å². The first-order valence-electron chi connectivity index (χ1n) is 11.3. The number of methoxy groups -OCH3 is 2. The molecule has 1 unspecified atom stereocenters. The molecular weight excluding hydrogens is 452 g/mol. The summed E-state index contributed by atoms with van der Waals surface area (Å²) in [5.74, 6) is 1.24. The summed E-state index contributed by atoms with van der Waals surface area (Å²) < 4.78 is 12.8. The smallest absolute Gasteiger partial charge is 0.296 e. The third-order valence-corrected chi connectivity index (χ3v) is 6.67. The van der Waals surface area contributed by atoms with Gasteiger partial charge in [-0.25, -0.2) is 9.88 Å². The molecule has 4 rings (SSSR count). The van der Waals surface area contributed by atoms with Crippen LogP contribution in [0.15, 0.2) is 47.6 Å². The van der Waals surface area contributed by atoms with Gasteiger partial charge in [0.15, 0.2) is 11.5 Å². The summed E-state index contributed by atoms with van der Waals surface area (Å²) in [6, 6.07) is 12.8. The molecular formula is C25H28N4O4S. The Morgan fingerprint density at radius 3 is 2.65 bits per heavy atom. The normalized spacial score (nSPS) is 14.4. The van der Waals surface area contributed by atoms with Crippen LogP contribution in [-0.2, 0) is 4.79 Å². The van der Waals surface area contributed by atoms with Gasteiger partial charge in [0, 0.05) is 17.8 Å². The molecule has 0 radical (unpaired) electrons. The summed E-state index contributed by atoms with van der Waals surface area (Å²) >= 11 is 1.45. The number of anilines is 1. The number of rotatable bonds is 8. The van der Waals surface area contributed by atoms with Gasteiger partial charge >= 0.3 is 0 Å². The molecule has 0 aliphatic carbocycles. The van der Waals surface area contributed by atoms with E-state index in [4.69, 9.17) is 14.6 Å². The maximum absolute atomic E-state index is 13.3. The van der Waals surface area contributed by atoms with E-state index in [0.717, 1.165) is 25.0 Å². The first-order chi connectivity index (χ1) is 16.5. The molecule has 1 atom stereocenters. The maximum Gasteiger partial charge on any atom is 0.296 e. The molecule has 1 amide bonds. The van der Waals surface area contributed by atoms with Gasteiger partial charge in [-0.1, -0.05) is 54.4 Å². The van der Waals surface area contributed by atoms with Crippen molar-refractivity contribution < 1.29 is 24.1 Å². The lowest BCUT2D eigenvalue weighted by atomic mass is 10.0. The van der Waals surface area contributed by atoms with Crippen LogP contribution in [0, 0.1) is 0 Å². The Morgan fingerprint density at radius 1 is 1.15 bits per heavy atom. The third kappa shape index (κ3) is 4.27. The van der Waals surface area contributed by atoms with Crippen LogP contribution in [0.5, 0.6) is 17.4 Å². The van der Waals surface area contributed by atoms with Crippen molar-refractivity contribution in [3.63, 3.8) is 0 Å². The number of carbonyl (C=O) groups excluding carboxylic acids is 1. The van der Waals surface area contributed by atoms with Crippen LogP contribution in [-0.4, -0.2) is 36.0 Å².